The van der Waals surface area contributed by atoms with Crippen LogP contribution in [0.3, 0.4) is 0 Å². The first kappa shape index (κ1) is 16.5. The van der Waals surface area contributed by atoms with Gasteiger partial charge in [-0.3, -0.25) is 4.79 Å². The van der Waals surface area contributed by atoms with Gasteiger partial charge in [-0.2, -0.15) is 4.31 Å². The number of nitrogens with one attached hydrogen (secondary N) is 1. The Morgan fingerprint density at radius 3 is 2.39 bits per heavy atom. The van der Waals surface area contributed by atoms with Crippen molar-refractivity contribution in [2.45, 2.75) is 50.5 Å². The molecule has 0 bridgehead atoms. The quantitative estimate of drug-likeness (QED) is 0.914. The number of rotatable bonds is 4. The monoisotopic (exact) mass is 336 g/mol. The fourth-order valence-corrected chi connectivity index (χ4v) is 4.81. The zero-order valence-corrected chi connectivity index (χ0v) is 14.5. The van der Waals surface area contributed by atoms with Crippen LogP contribution in [-0.4, -0.2) is 37.8 Å². The summed E-state index contributed by atoms with van der Waals surface area (Å²) >= 11 is 0. The third kappa shape index (κ3) is 3.58. The summed E-state index contributed by atoms with van der Waals surface area (Å²) < 4.78 is 27.2. The molecule has 1 heterocycles. The van der Waals surface area contributed by atoms with Crippen LogP contribution in [0, 0.1) is 19.8 Å². The van der Waals surface area contributed by atoms with Crippen LogP contribution < -0.4 is 5.32 Å². The first-order valence-electron chi connectivity index (χ1n) is 8.25. The summed E-state index contributed by atoms with van der Waals surface area (Å²) in [5.74, 6) is 0.340. The van der Waals surface area contributed by atoms with Crippen LogP contribution in [0.2, 0.25) is 0 Å². The minimum Gasteiger partial charge on any atom is -0.353 e. The van der Waals surface area contributed by atoms with Crippen molar-refractivity contribution in [3.8, 4) is 0 Å². The second-order valence-electron chi connectivity index (χ2n) is 6.73. The van der Waals surface area contributed by atoms with Crippen molar-refractivity contribution >= 4 is 15.9 Å². The van der Waals surface area contributed by atoms with E-state index < -0.39 is 10.0 Å². The maximum Gasteiger partial charge on any atom is 0.243 e. The molecular weight excluding hydrogens is 312 g/mol. The van der Waals surface area contributed by atoms with Crippen molar-refractivity contribution in [3.05, 3.63) is 29.3 Å². The van der Waals surface area contributed by atoms with Crippen LogP contribution in [0.15, 0.2) is 23.1 Å². The summed E-state index contributed by atoms with van der Waals surface area (Å²) in [6, 6.07) is 5.62. The zero-order chi connectivity index (χ0) is 16.6. The highest BCUT2D eigenvalue weighted by Crippen LogP contribution is 2.30. The molecule has 2 fully saturated rings. The number of sulfonamides is 1. The van der Waals surface area contributed by atoms with Gasteiger partial charge in [0.15, 0.2) is 0 Å². The number of aryl methyl sites for hydroxylation is 2. The molecule has 23 heavy (non-hydrogen) atoms. The van der Waals surface area contributed by atoms with E-state index in [1.807, 2.05) is 26.0 Å². The largest absolute Gasteiger partial charge is 0.353 e. The van der Waals surface area contributed by atoms with E-state index >= 15 is 0 Å². The Labute approximate surface area is 138 Å². The Kier molecular flexibility index (Phi) is 4.47. The van der Waals surface area contributed by atoms with Gasteiger partial charge in [-0.05, 0) is 56.7 Å². The molecule has 1 N–H and O–H groups in total. The molecule has 0 atom stereocenters. The molecule has 2 aliphatic rings. The summed E-state index contributed by atoms with van der Waals surface area (Å²) in [6.45, 7) is 4.66. The Hall–Kier alpha value is -1.40. The van der Waals surface area contributed by atoms with Gasteiger partial charge in [0.05, 0.1) is 4.90 Å². The van der Waals surface area contributed by atoms with Crippen LogP contribution in [0.5, 0.6) is 0 Å². The van der Waals surface area contributed by atoms with Gasteiger partial charge in [-0.25, -0.2) is 8.42 Å². The molecule has 126 valence electrons. The maximum absolute atomic E-state index is 12.8. The van der Waals surface area contributed by atoms with E-state index in [2.05, 4.69) is 5.32 Å². The lowest BCUT2D eigenvalue weighted by Crippen LogP contribution is -2.46. The SMILES string of the molecule is Cc1ccc(C)c(S(=O)(=O)N2CCC(NC(=O)C3CC3)CC2)c1. The van der Waals surface area contributed by atoms with Gasteiger partial charge in [0.25, 0.3) is 0 Å². The van der Waals surface area contributed by atoms with Crippen molar-refractivity contribution in [2.75, 3.05) is 13.1 Å². The fourth-order valence-electron chi connectivity index (χ4n) is 3.03. The molecule has 1 aromatic carbocycles. The molecule has 3 rings (SSSR count). The van der Waals surface area contributed by atoms with E-state index in [0.29, 0.717) is 30.8 Å². The predicted molar refractivity (Wildman–Crippen MR) is 88.6 cm³/mol. The summed E-state index contributed by atoms with van der Waals surface area (Å²) in [5, 5.41) is 3.05. The van der Waals surface area contributed by atoms with Gasteiger partial charge in [0, 0.05) is 25.0 Å². The molecule has 0 aromatic heterocycles. The van der Waals surface area contributed by atoms with E-state index in [9.17, 15) is 13.2 Å². The lowest BCUT2D eigenvalue weighted by molar-refractivity contribution is -0.123. The highest BCUT2D eigenvalue weighted by Gasteiger charge is 2.34. The van der Waals surface area contributed by atoms with Gasteiger partial charge in [0.2, 0.25) is 15.9 Å². The molecule has 1 amide bonds. The number of hydrogen-bond donors (Lipinski definition) is 1. The number of benzene rings is 1. The number of piperidine rings is 1. The van der Waals surface area contributed by atoms with Crippen LogP contribution in [-0.2, 0) is 14.8 Å². The first-order chi connectivity index (χ1) is 10.9. The van der Waals surface area contributed by atoms with Gasteiger partial charge in [-0.1, -0.05) is 12.1 Å². The third-order valence-corrected chi connectivity index (χ3v) is 6.75. The van der Waals surface area contributed by atoms with E-state index in [1.54, 1.807) is 10.4 Å². The highest BCUT2D eigenvalue weighted by molar-refractivity contribution is 7.89. The molecular formula is C17H24N2O3S. The average Bonchev–Trinajstić information content (AvgIpc) is 3.35. The van der Waals surface area contributed by atoms with Crippen LogP contribution in [0.1, 0.15) is 36.8 Å². The number of carbonyl (C=O) groups is 1. The predicted octanol–water partition coefficient (Wildman–Crippen LogP) is 1.98. The summed E-state index contributed by atoms with van der Waals surface area (Å²) in [7, 11) is -3.45. The van der Waals surface area contributed by atoms with Gasteiger partial charge >= 0.3 is 0 Å². The van der Waals surface area contributed by atoms with Gasteiger partial charge < -0.3 is 5.32 Å². The number of carbonyl (C=O) groups excluding carboxylic acids is 1. The standard InChI is InChI=1S/C17H24N2O3S/c1-12-3-4-13(2)16(11-12)23(21,22)19-9-7-15(8-10-19)18-17(20)14-5-6-14/h3-4,11,14-15H,5-10H2,1-2H3,(H,18,20). The number of hydrogen-bond acceptors (Lipinski definition) is 3. The highest BCUT2D eigenvalue weighted by atomic mass is 32.2. The topological polar surface area (TPSA) is 66.5 Å². The second kappa shape index (κ2) is 6.24. The third-order valence-electron chi connectivity index (χ3n) is 4.71. The molecule has 0 radical (unpaired) electrons. The first-order valence-corrected chi connectivity index (χ1v) is 9.70. The fraction of sp³-hybridized carbons (Fsp3) is 0.588. The normalized spacial score (nSPS) is 20.4. The lowest BCUT2D eigenvalue weighted by Gasteiger charge is -2.32. The van der Waals surface area contributed by atoms with Crippen molar-refractivity contribution in [3.63, 3.8) is 0 Å². The molecule has 6 heteroatoms. The minimum absolute atomic E-state index is 0.105. The van der Waals surface area contributed by atoms with E-state index in [-0.39, 0.29) is 17.9 Å². The summed E-state index contributed by atoms with van der Waals surface area (Å²) in [6.07, 6.45) is 3.35. The van der Waals surface area contributed by atoms with Gasteiger partial charge in [-0.15, -0.1) is 0 Å². The maximum atomic E-state index is 12.8. The van der Waals surface area contributed by atoms with Crippen LogP contribution in [0.25, 0.3) is 0 Å². The van der Waals surface area contributed by atoms with Crippen LogP contribution in [0.4, 0.5) is 0 Å². The molecule has 5 nitrogen and oxygen atoms in total. The Morgan fingerprint density at radius 1 is 1.13 bits per heavy atom. The van der Waals surface area contributed by atoms with E-state index in [1.165, 1.54) is 0 Å². The van der Waals surface area contributed by atoms with E-state index in [4.69, 9.17) is 0 Å². The molecule has 1 aliphatic heterocycles. The number of nitrogens with zero attached hydrogens (tertiary/aromatic N) is 1. The summed E-state index contributed by atoms with van der Waals surface area (Å²) in [4.78, 5) is 12.2. The Bertz CT molecular complexity index is 703. The Balaban J connectivity index is 1.66. The molecule has 0 unspecified atom stereocenters. The molecule has 1 aromatic rings. The average molecular weight is 336 g/mol. The van der Waals surface area contributed by atoms with Crippen LogP contribution >= 0.6 is 0 Å². The molecule has 1 aliphatic carbocycles. The van der Waals surface area contributed by atoms with Crippen molar-refractivity contribution < 1.29 is 13.2 Å². The molecule has 1 saturated heterocycles. The molecule has 0 spiro atoms. The minimum atomic E-state index is -3.45. The zero-order valence-electron chi connectivity index (χ0n) is 13.7. The van der Waals surface area contributed by atoms with Gasteiger partial charge in [0.1, 0.15) is 0 Å². The summed E-state index contributed by atoms with van der Waals surface area (Å²) in [5.41, 5.74) is 1.72. The smallest absolute Gasteiger partial charge is 0.243 e. The lowest BCUT2D eigenvalue weighted by atomic mass is 10.1. The number of amides is 1. The van der Waals surface area contributed by atoms with E-state index in [0.717, 1.165) is 24.0 Å². The van der Waals surface area contributed by atoms with Crippen molar-refractivity contribution in [2.24, 2.45) is 5.92 Å². The van der Waals surface area contributed by atoms with Crippen molar-refractivity contribution in [1.82, 2.24) is 9.62 Å². The molecule has 1 saturated carbocycles. The van der Waals surface area contributed by atoms with Crippen molar-refractivity contribution in [1.29, 1.82) is 0 Å². The Morgan fingerprint density at radius 2 is 1.78 bits per heavy atom. The second-order valence-corrected chi connectivity index (χ2v) is 8.64.